The molecule has 0 heterocycles. The molecular weight excluding hydrogens is 479 g/mol. The average molecular weight is 510 g/mol. The number of rotatable bonds is 8. The number of carbonyl (C=O) groups excluding carboxylic acids is 1. The summed E-state index contributed by atoms with van der Waals surface area (Å²) in [7, 11) is 3.44. The number of halogens is 1. The van der Waals surface area contributed by atoms with Crippen LogP contribution in [-0.2, 0) is 13.0 Å². The predicted molar refractivity (Wildman–Crippen MR) is 130 cm³/mol. The molecule has 0 aliphatic heterocycles. The number of aryl methyl sites for hydroxylation is 1. The van der Waals surface area contributed by atoms with Gasteiger partial charge in [-0.2, -0.15) is 0 Å². The number of methoxy groups -OCH3 is 1. The molecule has 3 N–H and O–H groups in total. The highest BCUT2D eigenvalue weighted by molar-refractivity contribution is 14.0. The number of carbonyl (C=O) groups is 1. The number of guanidine groups is 1. The molecular formula is C22H31IN4O2. The molecule has 6 nitrogen and oxygen atoms in total. The van der Waals surface area contributed by atoms with Crippen LogP contribution in [0.1, 0.15) is 34.0 Å². The van der Waals surface area contributed by atoms with E-state index in [4.69, 9.17) is 4.74 Å². The number of hydrogen-bond donors (Lipinski definition) is 3. The van der Waals surface area contributed by atoms with Crippen molar-refractivity contribution in [1.82, 2.24) is 16.0 Å². The molecule has 0 unspecified atom stereocenters. The summed E-state index contributed by atoms with van der Waals surface area (Å²) in [6, 6.07) is 13.8. The maximum atomic E-state index is 12.0. The lowest BCUT2D eigenvalue weighted by Crippen LogP contribution is -2.37. The third kappa shape index (κ3) is 7.92. The number of benzene rings is 2. The van der Waals surface area contributed by atoms with E-state index in [1.807, 2.05) is 38.1 Å². The fourth-order valence-electron chi connectivity index (χ4n) is 2.84. The van der Waals surface area contributed by atoms with E-state index in [0.29, 0.717) is 18.7 Å². The van der Waals surface area contributed by atoms with Crippen molar-refractivity contribution >= 4 is 35.8 Å². The third-order valence-electron chi connectivity index (χ3n) is 4.39. The molecule has 0 radical (unpaired) electrons. The number of ether oxygens (including phenoxy) is 1. The standard InChI is InChI=1S/C22H30N4O2.HI/c1-5-24-21(27)19-8-6-7-18(13-19)15-26-22(23-3)25-12-11-17-10-9-16(2)20(14-17)28-4;/h6-10,13-14H,5,11-12,15H2,1-4H3,(H,24,27)(H2,23,25,26);1H. The van der Waals surface area contributed by atoms with Crippen molar-refractivity contribution in [1.29, 1.82) is 0 Å². The molecule has 0 aliphatic rings. The van der Waals surface area contributed by atoms with Crippen LogP contribution in [0.3, 0.4) is 0 Å². The molecule has 158 valence electrons. The van der Waals surface area contributed by atoms with Gasteiger partial charge >= 0.3 is 0 Å². The van der Waals surface area contributed by atoms with Crippen LogP contribution in [0.4, 0.5) is 0 Å². The Morgan fingerprint density at radius 2 is 1.86 bits per heavy atom. The van der Waals surface area contributed by atoms with Gasteiger partial charge in [-0.15, -0.1) is 24.0 Å². The summed E-state index contributed by atoms with van der Waals surface area (Å²) in [5, 5.41) is 9.42. The first kappa shape index (κ1) is 24.7. The zero-order valence-corrected chi connectivity index (χ0v) is 19.9. The van der Waals surface area contributed by atoms with E-state index in [2.05, 4.69) is 39.1 Å². The summed E-state index contributed by atoms with van der Waals surface area (Å²) >= 11 is 0. The molecule has 0 fully saturated rings. The summed E-state index contributed by atoms with van der Waals surface area (Å²) in [6.07, 6.45) is 0.865. The average Bonchev–Trinajstić information content (AvgIpc) is 2.72. The Bertz CT molecular complexity index is 824. The molecule has 0 spiro atoms. The highest BCUT2D eigenvalue weighted by atomic mass is 127. The first-order valence-electron chi connectivity index (χ1n) is 9.52. The van der Waals surface area contributed by atoms with Crippen LogP contribution >= 0.6 is 24.0 Å². The smallest absolute Gasteiger partial charge is 0.251 e. The molecule has 29 heavy (non-hydrogen) atoms. The van der Waals surface area contributed by atoms with Crippen molar-refractivity contribution in [2.75, 3.05) is 27.2 Å². The number of hydrogen-bond acceptors (Lipinski definition) is 3. The van der Waals surface area contributed by atoms with E-state index in [-0.39, 0.29) is 29.9 Å². The lowest BCUT2D eigenvalue weighted by molar-refractivity contribution is 0.0955. The monoisotopic (exact) mass is 510 g/mol. The van der Waals surface area contributed by atoms with E-state index in [1.54, 1.807) is 14.2 Å². The molecule has 1 amide bonds. The van der Waals surface area contributed by atoms with Gasteiger partial charge in [0.2, 0.25) is 0 Å². The van der Waals surface area contributed by atoms with Crippen LogP contribution in [0.2, 0.25) is 0 Å². The third-order valence-corrected chi connectivity index (χ3v) is 4.39. The zero-order valence-electron chi connectivity index (χ0n) is 17.5. The Hall–Kier alpha value is -2.29. The Labute approximate surface area is 190 Å². The molecule has 0 atom stereocenters. The summed E-state index contributed by atoms with van der Waals surface area (Å²) < 4.78 is 5.38. The second-order valence-electron chi connectivity index (χ2n) is 6.47. The zero-order chi connectivity index (χ0) is 20.4. The van der Waals surface area contributed by atoms with E-state index in [0.717, 1.165) is 35.8 Å². The maximum absolute atomic E-state index is 12.0. The minimum Gasteiger partial charge on any atom is -0.496 e. The van der Waals surface area contributed by atoms with Crippen LogP contribution in [0.15, 0.2) is 47.5 Å². The molecule has 2 rings (SSSR count). The van der Waals surface area contributed by atoms with Gasteiger partial charge in [-0.3, -0.25) is 9.79 Å². The Kier molecular flexibility index (Phi) is 11.1. The molecule has 0 saturated heterocycles. The summed E-state index contributed by atoms with van der Waals surface area (Å²) in [4.78, 5) is 16.2. The highest BCUT2D eigenvalue weighted by Crippen LogP contribution is 2.19. The first-order chi connectivity index (χ1) is 13.6. The molecule has 0 saturated carbocycles. The largest absolute Gasteiger partial charge is 0.496 e. The minimum atomic E-state index is -0.0552. The van der Waals surface area contributed by atoms with Crippen molar-refractivity contribution in [2.45, 2.75) is 26.8 Å². The topological polar surface area (TPSA) is 74.8 Å². The first-order valence-corrected chi connectivity index (χ1v) is 9.52. The lowest BCUT2D eigenvalue weighted by Gasteiger charge is -2.13. The molecule has 0 aliphatic carbocycles. The summed E-state index contributed by atoms with van der Waals surface area (Å²) in [5.41, 5.74) is 4.03. The van der Waals surface area contributed by atoms with Crippen molar-refractivity contribution in [3.8, 4) is 5.75 Å². The SMILES string of the molecule is CCNC(=O)c1cccc(CNC(=NC)NCCc2ccc(C)c(OC)c2)c1.I. The van der Waals surface area contributed by atoms with Gasteiger partial charge in [-0.25, -0.2) is 0 Å². The van der Waals surface area contributed by atoms with E-state index >= 15 is 0 Å². The fourth-order valence-corrected chi connectivity index (χ4v) is 2.84. The Balaban J connectivity index is 0.00000420. The van der Waals surface area contributed by atoms with E-state index in [9.17, 15) is 4.79 Å². The minimum absolute atomic E-state index is 0. The van der Waals surface area contributed by atoms with Gasteiger partial charge in [-0.05, 0) is 55.2 Å². The second kappa shape index (κ2) is 13.0. The molecule has 7 heteroatoms. The molecule has 2 aromatic rings. The molecule has 2 aromatic carbocycles. The van der Waals surface area contributed by atoms with Gasteiger partial charge in [0, 0.05) is 32.2 Å². The number of nitrogens with one attached hydrogen (secondary N) is 3. The predicted octanol–water partition coefficient (Wildman–Crippen LogP) is 3.28. The van der Waals surface area contributed by atoms with Gasteiger partial charge in [-0.1, -0.05) is 24.3 Å². The van der Waals surface area contributed by atoms with Crippen LogP contribution in [0.5, 0.6) is 5.75 Å². The van der Waals surface area contributed by atoms with Gasteiger partial charge in [0.05, 0.1) is 7.11 Å². The van der Waals surface area contributed by atoms with Crippen molar-refractivity contribution in [3.05, 3.63) is 64.7 Å². The van der Waals surface area contributed by atoms with Gasteiger partial charge in [0.1, 0.15) is 5.75 Å². The van der Waals surface area contributed by atoms with Crippen LogP contribution in [0.25, 0.3) is 0 Å². The fraction of sp³-hybridized carbons (Fsp3) is 0.364. The maximum Gasteiger partial charge on any atom is 0.251 e. The molecule has 0 bridgehead atoms. The summed E-state index contributed by atoms with van der Waals surface area (Å²) in [6.45, 7) is 5.90. The van der Waals surface area contributed by atoms with E-state index in [1.165, 1.54) is 5.56 Å². The highest BCUT2D eigenvalue weighted by Gasteiger charge is 2.06. The van der Waals surface area contributed by atoms with Crippen molar-refractivity contribution in [2.24, 2.45) is 4.99 Å². The van der Waals surface area contributed by atoms with Crippen LogP contribution in [-0.4, -0.2) is 39.1 Å². The lowest BCUT2D eigenvalue weighted by atomic mass is 10.1. The van der Waals surface area contributed by atoms with Crippen molar-refractivity contribution in [3.63, 3.8) is 0 Å². The second-order valence-corrected chi connectivity index (χ2v) is 6.47. The normalized spacial score (nSPS) is 10.7. The number of amides is 1. The quantitative estimate of drug-likeness (QED) is 0.290. The van der Waals surface area contributed by atoms with E-state index < -0.39 is 0 Å². The Morgan fingerprint density at radius 1 is 1.07 bits per heavy atom. The van der Waals surface area contributed by atoms with Gasteiger partial charge in [0.25, 0.3) is 5.91 Å². The Morgan fingerprint density at radius 3 is 2.55 bits per heavy atom. The van der Waals surface area contributed by atoms with Crippen LogP contribution < -0.4 is 20.7 Å². The van der Waals surface area contributed by atoms with Gasteiger partial charge in [0.15, 0.2) is 5.96 Å². The van der Waals surface area contributed by atoms with Crippen molar-refractivity contribution < 1.29 is 9.53 Å². The molecule has 0 aromatic heterocycles. The van der Waals surface area contributed by atoms with Gasteiger partial charge < -0.3 is 20.7 Å². The summed E-state index contributed by atoms with van der Waals surface area (Å²) in [5.74, 6) is 1.58. The van der Waals surface area contributed by atoms with Crippen LogP contribution in [0, 0.1) is 6.92 Å². The number of aliphatic imine (C=N–C) groups is 1. The number of nitrogens with zero attached hydrogens (tertiary/aromatic N) is 1.